The van der Waals surface area contributed by atoms with E-state index in [2.05, 4.69) is 10.6 Å². The third-order valence-corrected chi connectivity index (χ3v) is 4.87. The zero-order chi connectivity index (χ0) is 19.9. The van der Waals surface area contributed by atoms with Crippen molar-refractivity contribution in [3.63, 3.8) is 0 Å². The van der Waals surface area contributed by atoms with Gasteiger partial charge in [-0.15, -0.1) is 0 Å². The summed E-state index contributed by atoms with van der Waals surface area (Å²) in [6.45, 7) is 0.519. The normalized spacial score (nSPS) is 10.4. The highest BCUT2D eigenvalue weighted by Crippen LogP contribution is 2.32. The number of hydrogen-bond donors (Lipinski definition) is 2. The zero-order valence-corrected chi connectivity index (χ0v) is 17.0. The molecule has 0 saturated heterocycles. The lowest BCUT2D eigenvalue weighted by Gasteiger charge is -2.11. The Morgan fingerprint density at radius 3 is 2.25 bits per heavy atom. The van der Waals surface area contributed by atoms with Crippen LogP contribution in [0.15, 0.2) is 66.7 Å². The lowest BCUT2D eigenvalue weighted by molar-refractivity contribution is -0.114. The van der Waals surface area contributed by atoms with Gasteiger partial charge in [-0.2, -0.15) is 0 Å². The summed E-state index contributed by atoms with van der Waals surface area (Å²) in [5.74, 6) is 0.502. The molecular weight excluding hydrogens is 419 g/mol. The van der Waals surface area contributed by atoms with Crippen LogP contribution >= 0.6 is 34.8 Å². The molecule has 0 spiro atoms. The Balaban J connectivity index is 1.49. The maximum Gasteiger partial charge on any atom is 0.243 e. The minimum Gasteiger partial charge on any atom is -0.489 e. The van der Waals surface area contributed by atoms with Gasteiger partial charge in [-0.3, -0.25) is 4.79 Å². The molecule has 7 heteroatoms. The minimum absolute atomic E-state index is 0.0317. The van der Waals surface area contributed by atoms with E-state index in [0.717, 1.165) is 11.3 Å². The van der Waals surface area contributed by atoms with Gasteiger partial charge in [0, 0.05) is 5.69 Å². The number of rotatable bonds is 7. The van der Waals surface area contributed by atoms with E-state index in [0.29, 0.717) is 33.0 Å². The fourth-order valence-electron chi connectivity index (χ4n) is 2.41. The van der Waals surface area contributed by atoms with E-state index in [-0.39, 0.29) is 12.5 Å². The number of ether oxygens (including phenoxy) is 1. The predicted molar refractivity (Wildman–Crippen MR) is 116 cm³/mol. The smallest absolute Gasteiger partial charge is 0.243 e. The van der Waals surface area contributed by atoms with Crippen LogP contribution in [0.1, 0.15) is 5.56 Å². The fourth-order valence-corrected chi connectivity index (χ4v) is 3.03. The van der Waals surface area contributed by atoms with Gasteiger partial charge < -0.3 is 15.4 Å². The van der Waals surface area contributed by atoms with E-state index in [9.17, 15) is 4.79 Å². The van der Waals surface area contributed by atoms with Crippen LogP contribution in [0, 0.1) is 0 Å². The molecule has 3 aromatic rings. The van der Waals surface area contributed by atoms with Gasteiger partial charge in [-0.25, -0.2) is 0 Å². The zero-order valence-electron chi connectivity index (χ0n) is 14.7. The molecule has 3 aromatic carbocycles. The Kier molecular flexibility index (Phi) is 7.04. The lowest BCUT2D eigenvalue weighted by Crippen LogP contribution is -2.21. The molecular formula is C21H17Cl3N2O2. The highest BCUT2D eigenvalue weighted by molar-refractivity contribution is 6.44. The van der Waals surface area contributed by atoms with E-state index < -0.39 is 0 Å². The lowest BCUT2D eigenvalue weighted by atomic mass is 10.2. The summed E-state index contributed by atoms with van der Waals surface area (Å²) < 4.78 is 5.73. The molecule has 0 saturated carbocycles. The first-order chi connectivity index (χ1) is 13.5. The molecule has 1 amide bonds. The number of anilines is 2. The average Bonchev–Trinajstić information content (AvgIpc) is 2.70. The van der Waals surface area contributed by atoms with Crippen LogP contribution in [0.5, 0.6) is 5.75 Å². The van der Waals surface area contributed by atoms with Crippen LogP contribution in [0.2, 0.25) is 15.1 Å². The van der Waals surface area contributed by atoms with Crippen LogP contribution < -0.4 is 15.4 Å². The first-order valence-electron chi connectivity index (χ1n) is 8.46. The number of carbonyl (C=O) groups excluding carboxylic acids is 1. The van der Waals surface area contributed by atoms with Gasteiger partial charge in [0.25, 0.3) is 0 Å². The van der Waals surface area contributed by atoms with E-state index in [4.69, 9.17) is 39.5 Å². The monoisotopic (exact) mass is 434 g/mol. The minimum atomic E-state index is -0.222. The summed E-state index contributed by atoms with van der Waals surface area (Å²) in [6, 6.07) is 20.2. The largest absolute Gasteiger partial charge is 0.489 e. The molecule has 0 fully saturated rings. The van der Waals surface area contributed by atoms with E-state index in [1.165, 1.54) is 6.07 Å². The van der Waals surface area contributed by atoms with Crippen molar-refractivity contribution < 1.29 is 9.53 Å². The third kappa shape index (κ3) is 5.80. The predicted octanol–water partition coefficient (Wildman–Crippen LogP) is 6.28. The topological polar surface area (TPSA) is 50.4 Å². The maximum atomic E-state index is 12.1. The summed E-state index contributed by atoms with van der Waals surface area (Å²) in [6.07, 6.45) is 0. The molecule has 0 aromatic heterocycles. The average molecular weight is 436 g/mol. The van der Waals surface area contributed by atoms with Gasteiger partial charge in [0.2, 0.25) is 5.91 Å². The Labute approximate surface area is 178 Å². The molecule has 0 aliphatic carbocycles. The van der Waals surface area contributed by atoms with E-state index in [1.807, 2.05) is 42.5 Å². The number of nitrogens with one attached hydrogen (secondary N) is 2. The van der Waals surface area contributed by atoms with Crippen LogP contribution in [-0.4, -0.2) is 12.5 Å². The second-order valence-electron chi connectivity index (χ2n) is 5.95. The summed E-state index contributed by atoms with van der Waals surface area (Å²) in [4.78, 5) is 12.1. The molecule has 0 atom stereocenters. The Bertz CT molecular complexity index is 948. The number of amides is 1. The number of carbonyl (C=O) groups is 1. The molecule has 4 nitrogen and oxygen atoms in total. The standard InChI is InChI=1S/C21H17Cl3N2O2/c22-17-10-19(24)20(11-18(17)23)25-12-21(27)26-15-6-8-16(9-7-15)28-13-14-4-2-1-3-5-14/h1-11,25H,12-13H2,(H,26,27). The van der Waals surface area contributed by atoms with Crippen molar-refractivity contribution >= 4 is 52.1 Å². The second-order valence-corrected chi connectivity index (χ2v) is 7.17. The van der Waals surface area contributed by atoms with Gasteiger partial charge in [-0.05, 0) is 42.0 Å². The highest BCUT2D eigenvalue weighted by Gasteiger charge is 2.08. The van der Waals surface area contributed by atoms with Crippen molar-refractivity contribution in [1.29, 1.82) is 0 Å². The first-order valence-corrected chi connectivity index (χ1v) is 9.60. The number of hydrogen-bond acceptors (Lipinski definition) is 3. The van der Waals surface area contributed by atoms with Crippen molar-refractivity contribution in [1.82, 2.24) is 0 Å². The molecule has 2 N–H and O–H groups in total. The Morgan fingerprint density at radius 1 is 0.857 bits per heavy atom. The maximum absolute atomic E-state index is 12.1. The summed E-state index contributed by atoms with van der Waals surface area (Å²) in [5.41, 5.74) is 2.29. The molecule has 0 radical (unpaired) electrons. The van der Waals surface area contributed by atoms with Gasteiger partial charge >= 0.3 is 0 Å². The molecule has 0 bridgehead atoms. The van der Waals surface area contributed by atoms with Crippen molar-refractivity contribution in [3.05, 3.63) is 87.4 Å². The second kappa shape index (κ2) is 9.69. The van der Waals surface area contributed by atoms with Gasteiger partial charge in [0.1, 0.15) is 12.4 Å². The quantitative estimate of drug-likeness (QED) is 0.430. The van der Waals surface area contributed by atoms with E-state index in [1.54, 1.807) is 18.2 Å². The summed E-state index contributed by atoms with van der Waals surface area (Å²) in [5, 5.41) is 6.85. The van der Waals surface area contributed by atoms with Gasteiger partial charge in [0.05, 0.1) is 27.3 Å². The van der Waals surface area contributed by atoms with Crippen LogP contribution in [0.3, 0.4) is 0 Å². The molecule has 0 heterocycles. The van der Waals surface area contributed by atoms with Gasteiger partial charge in [-0.1, -0.05) is 65.1 Å². The molecule has 0 aliphatic rings. The Hall–Kier alpha value is -2.40. The molecule has 0 aliphatic heterocycles. The van der Waals surface area contributed by atoms with Crippen LogP contribution in [-0.2, 0) is 11.4 Å². The van der Waals surface area contributed by atoms with Crippen molar-refractivity contribution in [3.8, 4) is 5.75 Å². The van der Waals surface area contributed by atoms with E-state index >= 15 is 0 Å². The summed E-state index contributed by atoms with van der Waals surface area (Å²) in [7, 11) is 0. The number of halogens is 3. The highest BCUT2D eigenvalue weighted by atomic mass is 35.5. The van der Waals surface area contributed by atoms with Crippen molar-refractivity contribution in [2.75, 3.05) is 17.2 Å². The van der Waals surface area contributed by atoms with Crippen molar-refractivity contribution in [2.24, 2.45) is 0 Å². The molecule has 144 valence electrons. The Morgan fingerprint density at radius 2 is 1.54 bits per heavy atom. The fraction of sp³-hybridized carbons (Fsp3) is 0.0952. The van der Waals surface area contributed by atoms with Crippen LogP contribution in [0.4, 0.5) is 11.4 Å². The molecule has 28 heavy (non-hydrogen) atoms. The van der Waals surface area contributed by atoms with Gasteiger partial charge in [0.15, 0.2) is 0 Å². The summed E-state index contributed by atoms with van der Waals surface area (Å²) >= 11 is 17.9. The SMILES string of the molecule is O=C(CNc1cc(Cl)c(Cl)cc1Cl)Nc1ccc(OCc2ccccc2)cc1. The first kappa shape index (κ1) is 20.3. The van der Waals surface area contributed by atoms with Crippen molar-refractivity contribution in [2.45, 2.75) is 6.61 Å². The van der Waals surface area contributed by atoms with Crippen LogP contribution in [0.25, 0.3) is 0 Å². The molecule has 0 unspecified atom stereocenters. The molecule has 3 rings (SSSR count). The number of benzene rings is 3. The third-order valence-electron chi connectivity index (χ3n) is 3.84.